The molecule has 0 aromatic heterocycles. The maximum absolute atomic E-state index is 13.5. The van der Waals surface area contributed by atoms with Crippen molar-refractivity contribution in [2.45, 2.75) is 26.2 Å². The number of hydrogen-bond acceptors (Lipinski definition) is 2. The number of ether oxygens (including phenoxy) is 1. The van der Waals surface area contributed by atoms with Gasteiger partial charge in [-0.3, -0.25) is 4.79 Å². The Morgan fingerprint density at radius 1 is 1.30 bits per heavy atom. The number of Topliss-reactive ketones (excluding diaryl/α,β-unsaturated/α-hetero) is 1. The summed E-state index contributed by atoms with van der Waals surface area (Å²) in [6, 6.07) is 9.35. The van der Waals surface area contributed by atoms with Crippen LogP contribution in [0.2, 0.25) is 0 Å². The summed E-state index contributed by atoms with van der Waals surface area (Å²) in [6.45, 7) is 5.87. The van der Waals surface area contributed by atoms with Gasteiger partial charge in [0.05, 0.1) is 11.8 Å². The number of hydrogen-bond donors (Lipinski definition) is 0. The minimum absolute atomic E-state index is 0.0828. The predicted molar refractivity (Wildman–Crippen MR) is 91.3 cm³/mol. The second-order valence-corrected chi connectivity index (χ2v) is 5.52. The molecule has 0 unspecified atom stereocenters. The molecule has 2 nitrogen and oxygen atoms in total. The molecule has 0 heterocycles. The van der Waals surface area contributed by atoms with E-state index < -0.39 is 0 Å². The third kappa shape index (κ3) is 4.78. The van der Waals surface area contributed by atoms with Crippen LogP contribution in [-0.4, -0.2) is 12.4 Å². The molecule has 1 aliphatic rings. The van der Waals surface area contributed by atoms with Gasteiger partial charge in [-0.05, 0) is 30.6 Å². The Labute approximate surface area is 136 Å². The number of ketones is 1. The first-order chi connectivity index (χ1) is 11.1. The molecule has 23 heavy (non-hydrogen) atoms. The van der Waals surface area contributed by atoms with E-state index in [-0.39, 0.29) is 18.0 Å². The first-order valence-corrected chi connectivity index (χ1v) is 7.67. The fourth-order valence-corrected chi connectivity index (χ4v) is 2.43. The Kier molecular flexibility index (Phi) is 6.10. The summed E-state index contributed by atoms with van der Waals surface area (Å²) in [5.74, 6) is -0.243. The van der Waals surface area contributed by atoms with Crippen molar-refractivity contribution in [3.8, 4) is 0 Å². The lowest BCUT2D eigenvalue weighted by Gasteiger charge is -2.14. The van der Waals surface area contributed by atoms with Gasteiger partial charge in [-0.15, -0.1) is 0 Å². The summed E-state index contributed by atoms with van der Waals surface area (Å²) in [6.07, 6.45) is 5.85. The minimum Gasteiger partial charge on any atom is -0.496 e. The molecular weight excluding hydrogens is 291 g/mol. The SMILES string of the molecule is C=CCO/C=C(\C(=O)CC1=C(C)CCC(F)=C1)c1ccccc1. The lowest BCUT2D eigenvalue weighted by atomic mass is 9.91. The quantitative estimate of drug-likeness (QED) is 0.301. The average molecular weight is 312 g/mol. The van der Waals surface area contributed by atoms with Gasteiger partial charge >= 0.3 is 0 Å². The highest BCUT2D eigenvalue weighted by Gasteiger charge is 2.17. The van der Waals surface area contributed by atoms with Gasteiger partial charge in [-0.2, -0.15) is 0 Å². The third-order valence-corrected chi connectivity index (χ3v) is 3.77. The molecule has 0 N–H and O–H groups in total. The van der Waals surface area contributed by atoms with Crippen molar-refractivity contribution in [2.24, 2.45) is 0 Å². The van der Waals surface area contributed by atoms with Crippen LogP contribution in [-0.2, 0) is 9.53 Å². The van der Waals surface area contributed by atoms with Gasteiger partial charge < -0.3 is 4.74 Å². The minimum atomic E-state index is -0.161. The zero-order valence-electron chi connectivity index (χ0n) is 13.3. The summed E-state index contributed by atoms with van der Waals surface area (Å²) in [5, 5.41) is 0. The van der Waals surface area contributed by atoms with Crippen molar-refractivity contribution in [1.82, 2.24) is 0 Å². The van der Waals surface area contributed by atoms with Crippen molar-refractivity contribution < 1.29 is 13.9 Å². The van der Waals surface area contributed by atoms with Crippen molar-refractivity contribution in [3.63, 3.8) is 0 Å². The van der Waals surface area contributed by atoms with Gasteiger partial charge in [0.25, 0.3) is 0 Å². The lowest BCUT2D eigenvalue weighted by Crippen LogP contribution is -2.06. The van der Waals surface area contributed by atoms with Gasteiger partial charge in [0.1, 0.15) is 12.4 Å². The molecule has 0 amide bonds. The first-order valence-electron chi connectivity index (χ1n) is 7.67. The molecule has 0 fully saturated rings. The van der Waals surface area contributed by atoms with Crippen LogP contribution in [0.3, 0.4) is 0 Å². The summed E-state index contributed by atoms with van der Waals surface area (Å²) >= 11 is 0. The number of benzene rings is 1. The van der Waals surface area contributed by atoms with Gasteiger partial charge in [0.15, 0.2) is 5.78 Å². The van der Waals surface area contributed by atoms with Gasteiger partial charge in [-0.25, -0.2) is 4.39 Å². The fraction of sp³-hybridized carbons (Fsp3) is 0.250. The molecule has 0 atom stereocenters. The molecule has 0 saturated carbocycles. The molecule has 120 valence electrons. The number of carbonyl (C=O) groups is 1. The highest BCUT2D eigenvalue weighted by Crippen LogP contribution is 2.28. The van der Waals surface area contributed by atoms with Crippen molar-refractivity contribution in [2.75, 3.05) is 6.61 Å². The second kappa shape index (κ2) is 8.28. The number of carbonyl (C=O) groups excluding carboxylic acids is 1. The topological polar surface area (TPSA) is 26.3 Å². The van der Waals surface area contributed by atoms with E-state index in [1.54, 1.807) is 6.08 Å². The Balaban J connectivity index is 2.24. The van der Waals surface area contributed by atoms with Crippen molar-refractivity contribution in [3.05, 3.63) is 77.9 Å². The Bertz CT molecular complexity index is 666. The largest absolute Gasteiger partial charge is 0.496 e. The Morgan fingerprint density at radius 3 is 2.74 bits per heavy atom. The zero-order valence-corrected chi connectivity index (χ0v) is 13.3. The lowest BCUT2D eigenvalue weighted by molar-refractivity contribution is -0.113. The highest BCUT2D eigenvalue weighted by molar-refractivity contribution is 6.21. The molecule has 0 spiro atoms. The van der Waals surface area contributed by atoms with Gasteiger partial charge in [-0.1, -0.05) is 48.6 Å². The summed E-state index contributed by atoms with van der Waals surface area (Å²) in [7, 11) is 0. The Morgan fingerprint density at radius 2 is 2.04 bits per heavy atom. The van der Waals surface area contributed by atoms with Crippen LogP contribution in [0, 0.1) is 0 Å². The monoisotopic (exact) mass is 312 g/mol. The number of allylic oxidation sites excluding steroid dienone is 5. The molecule has 3 heteroatoms. The van der Waals surface area contributed by atoms with E-state index in [2.05, 4.69) is 6.58 Å². The van der Waals surface area contributed by atoms with Crippen LogP contribution < -0.4 is 0 Å². The molecule has 2 rings (SSSR count). The smallest absolute Gasteiger partial charge is 0.170 e. The third-order valence-electron chi connectivity index (χ3n) is 3.77. The maximum atomic E-state index is 13.5. The molecule has 1 aliphatic carbocycles. The second-order valence-electron chi connectivity index (χ2n) is 5.52. The van der Waals surface area contributed by atoms with E-state index in [0.29, 0.717) is 25.0 Å². The average Bonchev–Trinajstić information content (AvgIpc) is 2.56. The van der Waals surface area contributed by atoms with Crippen LogP contribution in [0.5, 0.6) is 0 Å². The Hall–Kier alpha value is -2.42. The van der Waals surface area contributed by atoms with Crippen LogP contribution in [0.25, 0.3) is 5.57 Å². The predicted octanol–water partition coefficient (Wildman–Crippen LogP) is 5.15. The summed E-state index contributed by atoms with van der Waals surface area (Å²) < 4.78 is 18.8. The molecule has 0 saturated heterocycles. The van der Waals surface area contributed by atoms with Gasteiger partial charge in [0, 0.05) is 12.8 Å². The van der Waals surface area contributed by atoms with E-state index in [1.165, 1.54) is 12.3 Å². The van der Waals surface area contributed by atoms with E-state index >= 15 is 0 Å². The summed E-state index contributed by atoms with van der Waals surface area (Å²) in [5.41, 5.74) is 3.12. The van der Waals surface area contributed by atoms with E-state index in [4.69, 9.17) is 4.74 Å². The molecule has 0 aliphatic heterocycles. The molecule has 1 aromatic rings. The molecule has 0 radical (unpaired) electrons. The molecule has 1 aromatic carbocycles. The number of rotatable bonds is 7. The van der Waals surface area contributed by atoms with E-state index in [0.717, 1.165) is 16.7 Å². The van der Waals surface area contributed by atoms with Crippen LogP contribution >= 0.6 is 0 Å². The van der Waals surface area contributed by atoms with E-state index in [9.17, 15) is 9.18 Å². The summed E-state index contributed by atoms with van der Waals surface area (Å²) in [4.78, 5) is 12.7. The van der Waals surface area contributed by atoms with E-state index in [1.807, 2.05) is 37.3 Å². The fourth-order valence-electron chi connectivity index (χ4n) is 2.43. The van der Waals surface area contributed by atoms with Crippen LogP contribution in [0.1, 0.15) is 31.7 Å². The standard InChI is InChI=1S/C20H21FO2/c1-3-11-23-14-19(16-7-5-4-6-8-16)20(22)13-17-12-18(21)10-9-15(17)2/h3-8,12,14H,1,9-11,13H2,2H3/b19-14-. The highest BCUT2D eigenvalue weighted by atomic mass is 19.1. The van der Waals surface area contributed by atoms with Gasteiger partial charge in [0.2, 0.25) is 0 Å². The maximum Gasteiger partial charge on any atom is 0.170 e. The normalized spacial score (nSPS) is 15.2. The molecule has 0 bridgehead atoms. The van der Waals surface area contributed by atoms with Crippen molar-refractivity contribution in [1.29, 1.82) is 0 Å². The number of halogens is 1. The molecular formula is C20H21FO2. The zero-order chi connectivity index (χ0) is 16.7. The van der Waals surface area contributed by atoms with Crippen LogP contribution in [0.4, 0.5) is 4.39 Å². The van der Waals surface area contributed by atoms with Crippen LogP contribution in [0.15, 0.2) is 72.3 Å². The first kappa shape index (κ1) is 16.9. The van der Waals surface area contributed by atoms with Crippen molar-refractivity contribution >= 4 is 11.4 Å².